The van der Waals surface area contributed by atoms with Crippen LogP contribution in [-0.4, -0.2) is 20.3 Å². The Labute approximate surface area is 71.0 Å². The summed E-state index contributed by atoms with van der Waals surface area (Å²) in [4.78, 5) is 3.83. The number of aliphatic hydroxyl groups excluding tert-OH is 1. The van der Waals surface area contributed by atoms with E-state index in [2.05, 4.69) is 27.0 Å². The lowest BCUT2D eigenvalue weighted by molar-refractivity contribution is 0.160. The lowest BCUT2D eigenvalue weighted by atomic mass is 10.2. The second-order valence-corrected chi connectivity index (χ2v) is 2.35. The van der Waals surface area contributed by atoms with Gasteiger partial charge in [0.15, 0.2) is 5.82 Å². The monoisotopic (exact) mass is 165 g/mol. The molecule has 0 aromatic carbocycles. The Morgan fingerprint density at radius 3 is 3.17 bits per heavy atom. The summed E-state index contributed by atoms with van der Waals surface area (Å²) in [6.45, 7) is 1.78. The number of aliphatic hydroxyl groups is 1. The third-order valence-electron chi connectivity index (χ3n) is 1.47. The molecule has 2 N–H and O–H groups in total. The molecule has 1 atom stereocenters. The third-order valence-corrected chi connectivity index (χ3v) is 1.47. The van der Waals surface area contributed by atoms with Gasteiger partial charge in [-0.25, -0.2) is 4.98 Å². The molecule has 0 aliphatic heterocycles. The molecule has 4 nitrogen and oxygen atoms in total. The molecule has 0 fully saturated rings. The largest absolute Gasteiger partial charge is 0.385 e. The topological polar surface area (TPSA) is 61.8 Å². The molecule has 1 unspecified atom stereocenters. The van der Waals surface area contributed by atoms with E-state index in [1.807, 2.05) is 0 Å². The van der Waals surface area contributed by atoms with Gasteiger partial charge >= 0.3 is 0 Å². The number of aromatic amines is 1. The zero-order valence-electron chi connectivity index (χ0n) is 6.91. The van der Waals surface area contributed by atoms with Crippen LogP contribution in [0.4, 0.5) is 0 Å². The number of rotatable bonds is 3. The van der Waals surface area contributed by atoms with Crippen LogP contribution in [-0.2, 0) is 0 Å². The molecule has 0 amide bonds. The van der Waals surface area contributed by atoms with Crippen LogP contribution in [0.3, 0.4) is 0 Å². The molecule has 4 heteroatoms. The molecule has 0 saturated carbocycles. The first-order valence-electron chi connectivity index (χ1n) is 3.77. The summed E-state index contributed by atoms with van der Waals surface area (Å²) in [5.41, 5.74) is 0. The van der Waals surface area contributed by atoms with Crippen LogP contribution in [0.1, 0.15) is 31.7 Å². The summed E-state index contributed by atoms with van der Waals surface area (Å²) in [5, 5.41) is 15.7. The molecule has 64 valence electrons. The Balaban J connectivity index is 2.37. The second kappa shape index (κ2) is 4.52. The van der Waals surface area contributed by atoms with E-state index >= 15 is 0 Å². The van der Waals surface area contributed by atoms with E-state index in [0.717, 1.165) is 0 Å². The van der Waals surface area contributed by atoms with Crippen molar-refractivity contribution < 1.29 is 5.11 Å². The van der Waals surface area contributed by atoms with Crippen molar-refractivity contribution in [1.82, 2.24) is 15.2 Å². The molecular formula is C8H11N3O. The summed E-state index contributed by atoms with van der Waals surface area (Å²) in [7, 11) is 0. The van der Waals surface area contributed by atoms with Gasteiger partial charge < -0.3 is 5.11 Å². The molecule has 12 heavy (non-hydrogen) atoms. The van der Waals surface area contributed by atoms with Crippen LogP contribution < -0.4 is 0 Å². The van der Waals surface area contributed by atoms with Crippen molar-refractivity contribution in [3.63, 3.8) is 0 Å². The van der Waals surface area contributed by atoms with Gasteiger partial charge in [0.2, 0.25) is 0 Å². The van der Waals surface area contributed by atoms with Gasteiger partial charge in [0, 0.05) is 6.42 Å². The highest BCUT2D eigenvalue weighted by Crippen LogP contribution is 2.11. The molecule has 1 heterocycles. The van der Waals surface area contributed by atoms with E-state index in [1.54, 1.807) is 6.92 Å². The number of aromatic nitrogens is 3. The van der Waals surface area contributed by atoms with Gasteiger partial charge in [-0.1, -0.05) is 0 Å². The zero-order valence-corrected chi connectivity index (χ0v) is 6.91. The van der Waals surface area contributed by atoms with Crippen molar-refractivity contribution in [1.29, 1.82) is 0 Å². The lowest BCUT2D eigenvalue weighted by Crippen LogP contribution is -1.99. The molecule has 0 aliphatic rings. The van der Waals surface area contributed by atoms with Crippen LogP contribution in [0.2, 0.25) is 0 Å². The van der Waals surface area contributed by atoms with Crippen molar-refractivity contribution in [3.8, 4) is 11.8 Å². The number of nitrogens with one attached hydrogen (secondary N) is 1. The van der Waals surface area contributed by atoms with Gasteiger partial charge in [0.05, 0.1) is 0 Å². The van der Waals surface area contributed by atoms with E-state index in [-0.39, 0.29) is 0 Å². The number of nitrogens with zero attached hydrogens (tertiary/aromatic N) is 2. The van der Waals surface area contributed by atoms with Crippen molar-refractivity contribution in [2.45, 2.75) is 25.9 Å². The maximum absolute atomic E-state index is 9.43. The van der Waals surface area contributed by atoms with Gasteiger partial charge in [-0.05, 0) is 13.3 Å². The lowest BCUT2D eigenvalue weighted by Gasteiger charge is -2.02. The van der Waals surface area contributed by atoms with E-state index in [4.69, 9.17) is 0 Å². The first kappa shape index (κ1) is 8.75. The second-order valence-electron chi connectivity index (χ2n) is 2.35. The Hall–Kier alpha value is -1.34. The summed E-state index contributed by atoms with van der Waals surface area (Å²) >= 11 is 0. The van der Waals surface area contributed by atoms with Gasteiger partial charge in [-0.15, -0.1) is 11.8 Å². The van der Waals surface area contributed by atoms with Crippen LogP contribution >= 0.6 is 0 Å². The molecule has 0 bridgehead atoms. The molecule has 1 rings (SSSR count). The van der Waals surface area contributed by atoms with Crippen molar-refractivity contribution >= 4 is 0 Å². The SMILES string of the molecule is CC#CCCC(O)c1ncn[nH]1. The quantitative estimate of drug-likeness (QED) is 0.646. The molecule has 1 aromatic rings. The van der Waals surface area contributed by atoms with Gasteiger partial charge in [0.1, 0.15) is 12.4 Å². The molecule has 0 radical (unpaired) electrons. The van der Waals surface area contributed by atoms with Crippen LogP contribution in [0, 0.1) is 11.8 Å². The molecule has 1 aromatic heterocycles. The maximum atomic E-state index is 9.43. The average molecular weight is 165 g/mol. The number of H-pyrrole nitrogens is 1. The molecule has 0 spiro atoms. The highest BCUT2D eigenvalue weighted by Gasteiger charge is 2.08. The Morgan fingerprint density at radius 1 is 1.75 bits per heavy atom. The summed E-state index contributed by atoms with van der Waals surface area (Å²) in [6.07, 6.45) is 2.08. The predicted molar refractivity (Wildman–Crippen MR) is 44.0 cm³/mol. The van der Waals surface area contributed by atoms with Crippen molar-refractivity contribution in [3.05, 3.63) is 12.2 Å². The minimum absolute atomic E-state index is 0.507. The van der Waals surface area contributed by atoms with Gasteiger partial charge in [-0.3, -0.25) is 5.10 Å². The van der Waals surface area contributed by atoms with Crippen LogP contribution in [0.25, 0.3) is 0 Å². The smallest absolute Gasteiger partial charge is 0.153 e. The number of hydrogen-bond acceptors (Lipinski definition) is 3. The summed E-state index contributed by atoms with van der Waals surface area (Å²) in [6, 6.07) is 0. The maximum Gasteiger partial charge on any atom is 0.153 e. The minimum atomic E-state index is -0.576. The first-order valence-corrected chi connectivity index (χ1v) is 3.77. The first-order chi connectivity index (χ1) is 5.84. The van der Waals surface area contributed by atoms with Crippen LogP contribution in [0.15, 0.2) is 6.33 Å². The van der Waals surface area contributed by atoms with E-state index in [0.29, 0.717) is 18.7 Å². The highest BCUT2D eigenvalue weighted by atomic mass is 16.3. The van der Waals surface area contributed by atoms with Gasteiger partial charge in [-0.2, -0.15) is 5.10 Å². The van der Waals surface area contributed by atoms with Gasteiger partial charge in [0.25, 0.3) is 0 Å². The molecule has 0 saturated heterocycles. The fraction of sp³-hybridized carbons (Fsp3) is 0.500. The summed E-state index contributed by atoms with van der Waals surface area (Å²) < 4.78 is 0. The van der Waals surface area contributed by atoms with Crippen molar-refractivity contribution in [2.75, 3.05) is 0 Å². The summed E-state index contributed by atoms with van der Waals surface area (Å²) in [5.74, 6) is 6.14. The highest BCUT2D eigenvalue weighted by molar-refractivity contribution is 4.97. The average Bonchev–Trinajstić information content (AvgIpc) is 2.56. The Kier molecular flexibility index (Phi) is 3.30. The van der Waals surface area contributed by atoms with Crippen molar-refractivity contribution in [2.24, 2.45) is 0 Å². The standard InChI is InChI=1S/C8H11N3O/c1-2-3-4-5-7(12)8-9-6-10-11-8/h6-7,12H,4-5H2,1H3,(H,9,10,11). The molecule has 0 aliphatic carbocycles. The zero-order chi connectivity index (χ0) is 8.81. The van der Waals surface area contributed by atoms with Crippen LogP contribution in [0.5, 0.6) is 0 Å². The fourth-order valence-electron chi connectivity index (χ4n) is 0.846. The number of hydrogen-bond donors (Lipinski definition) is 2. The van der Waals surface area contributed by atoms with E-state index in [1.165, 1.54) is 6.33 Å². The Bertz CT molecular complexity index is 270. The van der Waals surface area contributed by atoms with E-state index < -0.39 is 6.10 Å². The fourth-order valence-corrected chi connectivity index (χ4v) is 0.846. The normalized spacial score (nSPS) is 11.8. The third kappa shape index (κ3) is 2.36. The molecular weight excluding hydrogens is 154 g/mol. The minimum Gasteiger partial charge on any atom is -0.385 e. The Morgan fingerprint density at radius 2 is 2.58 bits per heavy atom. The predicted octanol–water partition coefficient (Wildman–Crippen LogP) is 0.642. The van der Waals surface area contributed by atoms with E-state index in [9.17, 15) is 5.11 Å².